The van der Waals surface area contributed by atoms with Crippen molar-refractivity contribution in [1.29, 1.82) is 0 Å². The van der Waals surface area contributed by atoms with Crippen LogP contribution in [0, 0.1) is 0 Å². The summed E-state index contributed by atoms with van der Waals surface area (Å²) in [6.07, 6.45) is 1.98. The summed E-state index contributed by atoms with van der Waals surface area (Å²) < 4.78 is 40.9. The van der Waals surface area contributed by atoms with Crippen LogP contribution in [0.3, 0.4) is 0 Å². The highest BCUT2D eigenvalue weighted by atomic mass is 32.2. The smallest absolute Gasteiger partial charge is 0.264 e. The van der Waals surface area contributed by atoms with Gasteiger partial charge in [0.15, 0.2) is 6.61 Å². The Kier molecular flexibility index (Phi) is 7.37. The van der Waals surface area contributed by atoms with Gasteiger partial charge < -0.3 is 19.7 Å². The van der Waals surface area contributed by atoms with Gasteiger partial charge in [-0.25, -0.2) is 8.42 Å². The lowest BCUT2D eigenvalue weighted by Crippen LogP contribution is -2.24. The van der Waals surface area contributed by atoms with E-state index in [4.69, 9.17) is 9.47 Å². The number of carbonyl (C=O) groups excluding carboxylic acids is 1. The summed E-state index contributed by atoms with van der Waals surface area (Å²) in [6, 6.07) is 25.2. The minimum Gasteiger partial charge on any atom is -0.495 e. The first-order chi connectivity index (χ1) is 18.4. The number of ether oxygens (including phenoxy) is 2. The Morgan fingerprint density at radius 2 is 1.61 bits per heavy atom. The third-order valence-electron chi connectivity index (χ3n) is 6.44. The largest absolute Gasteiger partial charge is 0.495 e. The van der Waals surface area contributed by atoms with Crippen molar-refractivity contribution >= 4 is 43.8 Å². The van der Waals surface area contributed by atoms with Crippen LogP contribution in [0.25, 0.3) is 10.8 Å². The molecule has 0 unspecified atom stereocenters. The van der Waals surface area contributed by atoms with Crippen LogP contribution in [-0.2, 0) is 14.8 Å². The van der Waals surface area contributed by atoms with E-state index in [0.29, 0.717) is 28.6 Å². The Labute approximate surface area is 222 Å². The summed E-state index contributed by atoms with van der Waals surface area (Å²) in [5, 5.41) is 4.70. The van der Waals surface area contributed by atoms with E-state index in [9.17, 15) is 13.2 Å². The fraction of sp³-hybridized carbons (Fsp3) is 0.207. The summed E-state index contributed by atoms with van der Waals surface area (Å²) in [5.41, 5.74) is 1.29. The van der Waals surface area contributed by atoms with Gasteiger partial charge >= 0.3 is 0 Å². The quantitative estimate of drug-likeness (QED) is 0.306. The molecule has 0 aliphatic carbocycles. The molecule has 38 heavy (non-hydrogen) atoms. The second-order valence-electron chi connectivity index (χ2n) is 9.00. The number of methoxy groups -OCH3 is 1. The van der Waals surface area contributed by atoms with Crippen molar-refractivity contribution < 1.29 is 22.7 Å². The molecule has 1 aliphatic rings. The van der Waals surface area contributed by atoms with E-state index in [1.54, 1.807) is 36.4 Å². The first-order valence-electron chi connectivity index (χ1n) is 12.4. The van der Waals surface area contributed by atoms with E-state index in [2.05, 4.69) is 10.0 Å². The van der Waals surface area contributed by atoms with Crippen molar-refractivity contribution in [2.24, 2.45) is 0 Å². The lowest BCUT2D eigenvalue weighted by atomic mass is 10.1. The number of hydrogen-bond donors (Lipinski definition) is 2. The minimum atomic E-state index is -4.01. The number of nitrogens with one attached hydrogen (secondary N) is 2. The number of para-hydroxylation sites is 2. The molecule has 1 aliphatic heterocycles. The molecule has 1 fully saturated rings. The van der Waals surface area contributed by atoms with Gasteiger partial charge in [-0.1, -0.05) is 48.5 Å². The Bertz CT molecular complexity index is 1560. The molecule has 2 N–H and O–H groups in total. The molecule has 0 saturated carbocycles. The van der Waals surface area contributed by atoms with Crippen molar-refractivity contribution in [3.8, 4) is 11.5 Å². The summed E-state index contributed by atoms with van der Waals surface area (Å²) in [6.45, 7) is 1.31. The number of amides is 1. The Morgan fingerprint density at radius 1 is 0.895 bits per heavy atom. The summed E-state index contributed by atoms with van der Waals surface area (Å²) in [5.74, 6) is 0.619. The zero-order valence-corrected chi connectivity index (χ0v) is 21.8. The molecule has 0 bridgehead atoms. The van der Waals surface area contributed by atoms with Crippen molar-refractivity contribution in [3.63, 3.8) is 0 Å². The lowest BCUT2D eigenvalue weighted by molar-refractivity contribution is -0.118. The first-order valence-corrected chi connectivity index (χ1v) is 13.9. The molecule has 4 aromatic rings. The predicted molar refractivity (Wildman–Crippen MR) is 150 cm³/mol. The maximum atomic E-state index is 13.6. The maximum absolute atomic E-state index is 13.6. The first kappa shape index (κ1) is 25.4. The van der Waals surface area contributed by atoms with Gasteiger partial charge in [-0.2, -0.15) is 0 Å². The SMILES string of the molecule is COc1ccccc1NS(=O)(=O)c1cc(NC(=O)COc2cccc3ccccc23)ccc1N1CCCC1. The maximum Gasteiger partial charge on any atom is 0.264 e. The number of sulfonamides is 1. The number of carbonyl (C=O) groups is 1. The van der Waals surface area contributed by atoms with Crippen LogP contribution in [0.5, 0.6) is 11.5 Å². The van der Waals surface area contributed by atoms with Crippen molar-refractivity contribution in [3.05, 3.63) is 84.9 Å². The van der Waals surface area contributed by atoms with Crippen molar-refractivity contribution in [2.45, 2.75) is 17.7 Å². The van der Waals surface area contributed by atoms with Gasteiger partial charge in [-0.3, -0.25) is 9.52 Å². The molecule has 0 aromatic heterocycles. The van der Waals surface area contributed by atoms with E-state index in [1.807, 2.05) is 47.4 Å². The van der Waals surface area contributed by atoms with Crippen LogP contribution in [0.2, 0.25) is 0 Å². The van der Waals surface area contributed by atoms with Crippen LogP contribution in [0.4, 0.5) is 17.1 Å². The van der Waals surface area contributed by atoms with E-state index in [0.717, 1.165) is 36.7 Å². The van der Waals surface area contributed by atoms with E-state index in [-0.39, 0.29) is 11.5 Å². The molecule has 5 rings (SSSR count). The number of benzene rings is 4. The molecule has 196 valence electrons. The van der Waals surface area contributed by atoms with E-state index in [1.165, 1.54) is 13.2 Å². The van der Waals surface area contributed by atoms with Crippen LogP contribution in [0.1, 0.15) is 12.8 Å². The van der Waals surface area contributed by atoms with Crippen LogP contribution >= 0.6 is 0 Å². The van der Waals surface area contributed by atoms with Crippen molar-refractivity contribution in [2.75, 3.05) is 41.7 Å². The lowest BCUT2D eigenvalue weighted by Gasteiger charge is -2.23. The number of anilines is 3. The van der Waals surface area contributed by atoms with Gasteiger partial charge in [-0.05, 0) is 54.6 Å². The van der Waals surface area contributed by atoms with Crippen LogP contribution in [-0.4, -0.2) is 41.1 Å². The van der Waals surface area contributed by atoms with E-state index >= 15 is 0 Å². The molecule has 4 aromatic carbocycles. The fourth-order valence-electron chi connectivity index (χ4n) is 4.62. The Hall–Kier alpha value is -4.24. The Morgan fingerprint density at radius 3 is 2.42 bits per heavy atom. The van der Waals surface area contributed by atoms with Gasteiger partial charge in [-0.15, -0.1) is 0 Å². The van der Waals surface area contributed by atoms with Crippen LogP contribution < -0.4 is 24.4 Å². The molecular formula is C29H29N3O5S. The minimum absolute atomic E-state index is 0.0816. The third-order valence-corrected chi connectivity index (χ3v) is 7.83. The van der Waals surface area contributed by atoms with Gasteiger partial charge in [0.25, 0.3) is 15.9 Å². The number of hydrogen-bond acceptors (Lipinski definition) is 6. The summed E-state index contributed by atoms with van der Waals surface area (Å²) in [7, 11) is -2.52. The molecule has 0 atom stereocenters. The molecule has 1 amide bonds. The zero-order chi connectivity index (χ0) is 26.5. The zero-order valence-electron chi connectivity index (χ0n) is 21.0. The van der Waals surface area contributed by atoms with Crippen molar-refractivity contribution in [1.82, 2.24) is 0 Å². The molecule has 0 spiro atoms. The number of rotatable bonds is 9. The number of nitrogens with zero attached hydrogens (tertiary/aromatic N) is 1. The normalized spacial score (nSPS) is 13.3. The average molecular weight is 532 g/mol. The third kappa shape index (κ3) is 5.52. The average Bonchev–Trinajstić information content (AvgIpc) is 3.47. The topological polar surface area (TPSA) is 97.0 Å². The fourth-order valence-corrected chi connectivity index (χ4v) is 5.94. The highest BCUT2D eigenvalue weighted by molar-refractivity contribution is 7.93. The van der Waals surface area contributed by atoms with Gasteiger partial charge in [0.2, 0.25) is 0 Å². The Balaban J connectivity index is 1.38. The number of fused-ring (bicyclic) bond motifs is 1. The standard InChI is InChI=1S/C29H29N3O5S/c1-36-27-13-5-4-12-24(27)31-38(34,35)28-19-22(15-16-25(28)32-17-6-7-18-32)30-29(33)20-37-26-14-8-10-21-9-2-3-11-23(21)26/h2-5,8-16,19,31H,6-7,17-18,20H2,1H3,(H,30,33). The van der Waals surface area contributed by atoms with Crippen LogP contribution in [0.15, 0.2) is 89.8 Å². The monoisotopic (exact) mass is 531 g/mol. The molecule has 1 heterocycles. The second-order valence-corrected chi connectivity index (χ2v) is 10.6. The molecule has 1 saturated heterocycles. The molecule has 9 heteroatoms. The second kappa shape index (κ2) is 11.0. The van der Waals surface area contributed by atoms with Gasteiger partial charge in [0.1, 0.15) is 16.4 Å². The predicted octanol–water partition coefficient (Wildman–Crippen LogP) is 5.27. The highest BCUT2D eigenvalue weighted by Gasteiger charge is 2.26. The van der Waals surface area contributed by atoms with Gasteiger partial charge in [0.05, 0.1) is 18.5 Å². The summed E-state index contributed by atoms with van der Waals surface area (Å²) >= 11 is 0. The molecular weight excluding hydrogens is 502 g/mol. The van der Waals surface area contributed by atoms with E-state index < -0.39 is 15.9 Å². The molecule has 8 nitrogen and oxygen atoms in total. The molecule has 0 radical (unpaired) electrons. The highest BCUT2D eigenvalue weighted by Crippen LogP contribution is 2.34. The summed E-state index contributed by atoms with van der Waals surface area (Å²) in [4.78, 5) is 14.9. The van der Waals surface area contributed by atoms with Gasteiger partial charge in [0, 0.05) is 24.2 Å².